The molecule has 1 aromatic rings. The largest absolute Gasteiger partial charge is 0.308 e. The summed E-state index contributed by atoms with van der Waals surface area (Å²) < 4.78 is 0. The van der Waals surface area contributed by atoms with Crippen LogP contribution in [0.4, 0.5) is 0 Å². The molecule has 0 aliphatic carbocycles. The fraction of sp³-hybridized carbons (Fsp3) is 0.643. The van der Waals surface area contributed by atoms with Crippen molar-refractivity contribution in [2.24, 2.45) is 0 Å². The number of thiazole rings is 1. The van der Waals surface area contributed by atoms with Gasteiger partial charge in [-0.25, -0.2) is 4.98 Å². The maximum atomic E-state index is 4.46. The van der Waals surface area contributed by atoms with E-state index in [9.17, 15) is 0 Å². The Morgan fingerprint density at radius 2 is 2.00 bits per heavy atom. The zero-order valence-corrected chi connectivity index (χ0v) is 12.7. The molecule has 0 fully saturated rings. The summed E-state index contributed by atoms with van der Waals surface area (Å²) in [4.78, 5) is 5.76. The molecule has 1 aromatic heterocycles. The second-order valence-corrected chi connectivity index (χ2v) is 6.68. The van der Waals surface area contributed by atoms with Crippen LogP contribution in [-0.2, 0) is 0 Å². The first kappa shape index (κ1) is 14.4. The van der Waals surface area contributed by atoms with Gasteiger partial charge < -0.3 is 5.32 Å². The molecule has 0 spiro atoms. The predicted molar refractivity (Wildman–Crippen MR) is 77.6 cm³/mol. The van der Waals surface area contributed by atoms with Gasteiger partial charge in [0.2, 0.25) is 0 Å². The van der Waals surface area contributed by atoms with Gasteiger partial charge in [0.05, 0.1) is 15.6 Å². The maximum absolute atomic E-state index is 4.46. The van der Waals surface area contributed by atoms with Gasteiger partial charge in [-0.3, -0.25) is 0 Å². The third kappa shape index (κ3) is 5.00. The van der Waals surface area contributed by atoms with Crippen LogP contribution in [0.3, 0.4) is 0 Å². The van der Waals surface area contributed by atoms with Crippen LogP contribution in [0, 0.1) is 13.8 Å². The summed E-state index contributed by atoms with van der Waals surface area (Å²) in [5, 5.41) is 4.68. The lowest BCUT2D eigenvalue weighted by molar-refractivity contribution is 0.443. The van der Waals surface area contributed by atoms with E-state index in [0.717, 1.165) is 23.7 Å². The van der Waals surface area contributed by atoms with Crippen LogP contribution in [0.1, 0.15) is 49.7 Å². The van der Waals surface area contributed by atoms with Crippen LogP contribution in [0.5, 0.6) is 0 Å². The van der Waals surface area contributed by atoms with Gasteiger partial charge >= 0.3 is 0 Å². The lowest BCUT2D eigenvalue weighted by Gasteiger charge is -2.21. The van der Waals surface area contributed by atoms with Gasteiger partial charge in [-0.1, -0.05) is 12.5 Å². The summed E-state index contributed by atoms with van der Waals surface area (Å²) >= 11 is 1.78. The van der Waals surface area contributed by atoms with Crippen LogP contribution in [-0.4, -0.2) is 17.1 Å². The Morgan fingerprint density at radius 1 is 1.35 bits per heavy atom. The second kappa shape index (κ2) is 5.78. The van der Waals surface area contributed by atoms with E-state index in [1.807, 2.05) is 0 Å². The molecule has 0 amide bonds. The van der Waals surface area contributed by atoms with Crippen LogP contribution in [0.25, 0.3) is 6.08 Å². The fourth-order valence-corrected chi connectivity index (χ4v) is 2.44. The van der Waals surface area contributed by atoms with Crippen LogP contribution in [0.2, 0.25) is 0 Å². The van der Waals surface area contributed by atoms with Gasteiger partial charge in [-0.15, -0.1) is 11.3 Å². The molecular weight excluding hydrogens is 228 g/mol. The van der Waals surface area contributed by atoms with Gasteiger partial charge in [0.15, 0.2) is 0 Å². The lowest BCUT2D eigenvalue weighted by Crippen LogP contribution is -2.36. The number of rotatable bonds is 4. The smallest absolute Gasteiger partial charge is 0.0903 e. The molecule has 2 nitrogen and oxygen atoms in total. The zero-order valence-electron chi connectivity index (χ0n) is 11.8. The molecule has 0 atom stereocenters. The van der Waals surface area contributed by atoms with Crippen molar-refractivity contribution in [3.05, 3.63) is 21.2 Å². The first-order chi connectivity index (χ1) is 7.81. The number of hydrogen-bond acceptors (Lipinski definition) is 3. The van der Waals surface area contributed by atoms with Crippen LogP contribution in [0.15, 0.2) is 5.57 Å². The molecule has 3 heteroatoms. The van der Waals surface area contributed by atoms with Crippen molar-refractivity contribution in [1.82, 2.24) is 10.3 Å². The van der Waals surface area contributed by atoms with Crippen molar-refractivity contribution < 1.29 is 0 Å². The molecule has 0 aromatic carbocycles. The molecule has 1 N–H and O–H groups in total. The van der Waals surface area contributed by atoms with Crippen molar-refractivity contribution in [3.8, 4) is 0 Å². The molecule has 1 rings (SSSR count). The Hall–Kier alpha value is -0.670. The average molecular weight is 252 g/mol. The quantitative estimate of drug-likeness (QED) is 0.878. The number of aromatic nitrogens is 1. The summed E-state index contributed by atoms with van der Waals surface area (Å²) in [5.74, 6) is 0. The third-order valence-corrected chi connectivity index (χ3v) is 3.59. The van der Waals surface area contributed by atoms with Gasteiger partial charge in [0, 0.05) is 12.1 Å². The number of hydrogen-bond donors (Lipinski definition) is 1. The standard InChI is InChI=1S/C14H24N2S/c1-7-12(9-15-14(4,5)6)8-13-10(2)16-11(3)17-13/h8,15H,7,9H2,1-6H3. The Kier molecular flexibility index (Phi) is 4.90. The molecule has 0 aliphatic heterocycles. The summed E-state index contributed by atoms with van der Waals surface area (Å²) in [6, 6.07) is 0. The summed E-state index contributed by atoms with van der Waals surface area (Å²) in [5.41, 5.74) is 2.76. The van der Waals surface area contributed by atoms with E-state index in [1.165, 1.54) is 10.5 Å². The lowest BCUT2D eigenvalue weighted by atomic mass is 10.1. The minimum Gasteiger partial charge on any atom is -0.308 e. The Balaban J connectivity index is 2.76. The minimum atomic E-state index is 0.174. The minimum absolute atomic E-state index is 0.174. The SMILES string of the molecule is CCC(=Cc1sc(C)nc1C)CNC(C)(C)C. The molecule has 0 radical (unpaired) electrons. The van der Waals surface area contributed by atoms with Crippen molar-refractivity contribution in [3.63, 3.8) is 0 Å². The molecule has 1 heterocycles. The molecule has 0 saturated carbocycles. The van der Waals surface area contributed by atoms with Gasteiger partial charge in [-0.2, -0.15) is 0 Å². The van der Waals surface area contributed by atoms with Crippen molar-refractivity contribution in [2.45, 2.75) is 53.5 Å². The highest BCUT2D eigenvalue weighted by molar-refractivity contribution is 7.12. The van der Waals surface area contributed by atoms with E-state index in [4.69, 9.17) is 0 Å². The molecule has 0 unspecified atom stereocenters. The Bertz CT molecular complexity index is 397. The van der Waals surface area contributed by atoms with Gasteiger partial charge in [0.25, 0.3) is 0 Å². The topological polar surface area (TPSA) is 24.9 Å². The molecule has 17 heavy (non-hydrogen) atoms. The highest BCUT2D eigenvalue weighted by Crippen LogP contribution is 2.21. The average Bonchev–Trinajstić information content (AvgIpc) is 2.50. The van der Waals surface area contributed by atoms with E-state index >= 15 is 0 Å². The summed E-state index contributed by atoms with van der Waals surface area (Å²) in [6.45, 7) is 13.9. The number of nitrogens with zero attached hydrogens (tertiary/aromatic N) is 1. The zero-order chi connectivity index (χ0) is 13.1. The Labute approximate surface area is 109 Å². The molecule has 0 bridgehead atoms. The number of nitrogens with one attached hydrogen (secondary N) is 1. The van der Waals surface area contributed by atoms with E-state index in [0.29, 0.717) is 0 Å². The first-order valence-electron chi connectivity index (χ1n) is 6.20. The normalized spacial score (nSPS) is 13.2. The number of aryl methyl sites for hydroxylation is 2. The Morgan fingerprint density at radius 3 is 2.41 bits per heavy atom. The van der Waals surface area contributed by atoms with E-state index < -0.39 is 0 Å². The predicted octanol–water partition coefficient (Wildman–Crippen LogP) is 3.94. The second-order valence-electron chi connectivity index (χ2n) is 5.44. The van der Waals surface area contributed by atoms with Gasteiger partial charge in [0.1, 0.15) is 0 Å². The highest BCUT2D eigenvalue weighted by Gasteiger charge is 2.09. The molecule has 96 valence electrons. The highest BCUT2D eigenvalue weighted by atomic mass is 32.1. The van der Waals surface area contributed by atoms with Crippen LogP contribution >= 0.6 is 11.3 Å². The van der Waals surface area contributed by atoms with Crippen molar-refractivity contribution in [2.75, 3.05) is 6.54 Å². The van der Waals surface area contributed by atoms with Crippen LogP contribution < -0.4 is 5.32 Å². The van der Waals surface area contributed by atoms with E-state index in [-0.39, 0.29) is 5.54 Å². The molecule has 0 aliphatic rings. The van der Waals surface area contributed by atoms with Crippen molar-refractivity contribution >= 4 is 17.4 Å². The maximum Gasteiger partial charge on any atom is 0.0903 e. The monoisotopic (exact) mass is 252 g/mol. The summed E-state index contributed by atoms with van der Waals surface area (Å²) in [7, 11) is 0. The summed E-state index contributed by atoms with van der Waals surface area (Å²) in [6.07, 6.45) is 3.37. The molecule has 0 saturated heterocycles. The first-order valence-corrected chi connectivity index (χ1v) is 7.02. The van der Waals surface area contributed by atoms with Crippen molar-refractivity contribution in [1.29, 1.82) is 0 Å². The fourth-order valence-electron chi connectivity index (χ4n) is 1.52. The van der Waals surface area contributed by atoms with Gasteiger partial charge in [-0.05, 0) is 47.1 Å². The van der Waals surface area contributed by atoms with E-state index in [2.05, 4.69) is 57.9 Å². The third-order valence-electron chi connectivity index (χ3n) is 2.57. The van der Waals surface area contributed by atoms with E-state index in [1.54, 1.807) is 11.3 Å². The molecular formula is C14H24N2S.